The summed E-state index contributed by atoms with van der Waals surface area (Å²) in [6.45, 7) is -0.222. The van der Waals surface area contributed by atoms with Crippen molar-refractivity contribution in [1.82, 2.24) is 10.3 Å². The van der Waals surface area contributed by atoms with Gasteiger partial charge in [0.1, 0.15) is 24.6 Å². The first-order chi connectivity index (χ1) is 12.9. The van der Waals surface area contributed by atoms with E-state index in [2.05, 4.69) is 15.0 Å². The number of nitrogens with one attached hydrogen (secondary N) is 1. The van der Waals surface area contributed by atoms with E-state index in [0.717, 1.165) is 5.56 Å². The Morgan fingerprint density at radius 1 is 1.26 bits per heavy atom. The van der Waals surface area contributed by atoms with Crippen LogP contribution in [-0.4, -0.2) is 47.0 Å². The molecule has 9 heteroatoms. The second kappa shape index (κ2) is 9.51. The van der Waals surface area contributed by atoms with Gasteiger partial charge < -0.3 is 30.7 Å². The van der Waals surface area contributed by atoms with E-state index in [1.807, 2.05) is 18.2 Å². The molecule has 2 rings (SSSR count). The number of aliphatic hydroxyl groups excluding tert-OH is 2. The maximum Gasteiger partial charge on any atom is 0.407 e. The molecule has 144 valence electrons. The Balaban J connectivity index is 1.90. The molecule has 1 aromatic carbocycles. The molecule has 2 atom stereocenters. The number of pyridine rings is 1. The fourth-order valence-corrected chi connectivity index (χ4v) is 2.24. The van der Waals surface area contributed by atoms with Gasteiger partial charge in [-0.15, -0.1) is 0 Å². The number of hydrogen-bond acceptors (Lipinski definition) is 8. The molecule has 2 aromatic rings. The SMILES string of the molecule is COC(=O)c1cnc(N)c(C(O)C(O)CNC(=O)OCc2ccccc2)c1. The highest BCUT2D eigenvalue weighted by Crippen LogP contribution is 2.23. The van der Waals surface area contributed by atoms with E-state index in [-0.39, 0.29) is 30.1 Å². The molecule has 1 heterocycles. The Labute approximate surface area is 155 Å². The smallest absolute Gasteiger partial charge is 0.407 e. The number of aromatic nitrogens is 1. The van der Waals surface area contributed by atoms with Crippen molar-refractivity contribution in [3.8, 4) is 0 Å². The van der Waals surface area contributed by atoms with Crippen molar-refractivity contribution < 1.29 is 29.3 Å². The van der Waals surface area contributed by atoms with Crippen molar-refractivity contribution in [2.24, 2.45) is 0 Å². The highest BCUT2D eigenvalue weighted by molar-refractivity contribution is 5.89. The average Bonchev–Trinajstić information content (AvgIpc) is 2.70. The number of carbonyl (C=O) groups excluding carboxylic acids is 2. The zero-order valence-corrected chi connectivity index (χ0v) is 14.7. The van der Waals surface area contributed by atoms with Gasteiger partial charge in [-0.3, -0.25) is 0 Å². The van der Waals surface area contributed by atoms with Crippen molar-refractivity contribution in [2.45, 2.75) is 18.8 Å². The summed E-state index contributed by atoms with van der Waals surface area (Å²) in [7, 11) is 1.20. The van der Waals surface area contributed by atoms with Crippen LogP contribution >= 0.6 is 0 Å². The van der Waals surface area contributed by atoms with Gasteiger partial charge in [-0.25, -0.2) is 14.6 Å². The Kier molecular flexibility index (Phi) is 7.09. The number of aliphatic hydroxyl groups is 2. The van der Waals surface area contributed by atoms with Crippen LogP contribution in [0.15, 0.2) is 42.6 Å². The third-order valence-corrected chi connectivity index (χ3v) is 3.72. The topological polar surface area (TPSA) is 144 Å². The van der Waals surface area contributed by atoms with Crippen LogP contribution in [0.5, 0.6) is 0 Å². The number of hydrogen-bond donors (Lipinski definition) is 4. The molecule has 9 nitrogen and oxygen atoms in total. The van der Waals surface area contributed by atoms with Gasteiger partial charge in [0.25, 0.3) is 0 Å². The van der Waals surface area contributed by atoms with Gasteiger partial charge in [0, 0.05) is 18.3 Å². The van der Waals surface area contributed by atoms with Gasteiger partial charge in [0.2, 0.25) is 0 Å². The quantitative estimate of drug-likeness (QED) is 0.520. The van der Waals surface area contributed by atoms with Crippen molar-refractivity contribution in [3.05, 3.63) is 59.3 Å². The van der Waals surface area contributed by atoms with Crippen LogP contribution in [0.3, 0.4) is 0 Å². The van der Waals surface area contributed by atoms with Gasteiger partial charge in [-0.05, 0) is 11.6 Å². The van der Waals surface area contributed by atoms with Gasteiger partial charge in [-0.2, -0.15) is 0 Å². The summed E-state index contributed by atoms with van der Waals surface area (Å²) in [5.74, 6) is -0.714. The summed E-state index contributed by atoms with van der Waals surface area (Å²) in [6.07, 6.45) is -2.43. The molecule has 0 spiro atoms. The predicted molar refractivity (Wildman–Crippen MR) is 95.6 cm³/mol. The number of carbonyl (C=O) groups is 2. The van der Waals surface area contributed by atoms with Crippen molar-refractivity contribution >= 4 is 17.9 Å². The number of benzene rings is 1. The third-order valence-electron chi connectivity index (χ3n) is 3.72. The van der Waals surface area contributed by atoms with Gasteiger partial charge >= 0.3 is 12.1 Å². The molecule has 0 aliphatic rings. The number of ether oxygens (including phenoxy) is 2. The predicted octanol–water partition coefficient (Wildman–Crippen LogP) is 0.771. The molecule has 0 saturated carbocycles. The van der Waals surface area contributed by atoms with Crippen LogP contribution in [0, 0.1) is 0 Å². The molecular formula is C18H21N3O6. The first-order valence-corrected chi connectivity index (χ1v) is 8.06. The molecule has 2 unspecified atom stereocenters. The lowest BCUT2D eigenvalue weighted by molar-refractivity contribution is 0.0186. The van der Waals surface area contributed by atoms with Crippen LogP contribution in [-0.2, 0) is 16.1 Å². The van der Waals surface area contributed by atoms with Crippen LogP contribution in [0.4, 0.5) is 10.6 Å². The Morgan fingerprint density at radius 2 is 1.96 bits per heavy atom. The fraction of sp³-hybridized carbons (Fsp3) is 0.278. The second-order valence-electron chi connectivity index (χ2n) is 5.64. The standard InChI is InChI=1S/C18H21N3O6/c1-26-17(24)12-7-13(16(19)20-8-12)15(23)14(22)9-21-18(25)27-10-11-5-3-2-4-6-11/h2-8,14-15,22-23H,9-10H2,1H3,(H2,19,20)(H,21,25). The van der Waals surface area contributed by atoms with E-state index in [0.29, 0.717) is 0 Å². The summed E-state index contributed by atoms with van der Waals surface area (Å²) in [4.78, 5) is 27.1. The highest BCUT2D eigenvalue weighted by Gasteiger charge is 2.23. The Hall–Kier alpha value is -3.17. The second-order valence-corrected chi connectivity index (χ2v) is 5.64. The maximum absolute atomic E-state index is 11.7. The minimum atomic E-state index is -1.48. The molecular weight excluding hydrogens is 354 g/mol. The molecule has 27 heavy (non-hydrogen) atoms. The zero-order chi connectivity index (χ0) is 19.8. The normalized spacial score (nSPS) is 12.7. The number of methoxy groups -OCH3 is 1. The molecule has 0 aliphatic heterocycles. The zero-order valence-electron chi connectivity index (χ0n) is 14.7. The first-order valence-electron chi connectivity index (χ1n) is 8.06. The Morgan fingerprint density at radius 3 is 2.63 bits per heavy atom. The van der Waals surface area contributed by atoms with Gasteiger partial charge in [0.15, 0.2) is 0 Å². The fourth-order valence-electron chi connectivity index (χ4n) is 2.24. The van der Waals surface area contributed by atoms with E-state index in [9.17, 15) is 19.8 Å². The largest absolute Gasteiger partial charge is 0.465 e. The highest BCUT2D eigenvalue weighted by atomic mass is 16.5. The van der Waals surface area contributed by atoms with E-state index < -0.39 is 24.3 Å². The van der Waals surface area contributed by atoms with Crippen molar-refractivity contribution in [3.63, 3.8) is 0 Å². The van der Waals surface area contributed by atoms with E-state index in [4.69, 9.17) is 10.5 Å². The van der Waals surface area contributed by atoms with Gasteiger partial charge in [-0.1, -0.05) is 30.3 Å². The summed E-state index contributed by atoms with van der Waals surface area (Å²) >= 11 is 0. The van der Waals surface area contributed by atoms with Crippen LogP contribution in [0.1, 0.15) is 27.6 Å². The number of nitrogens with zero attached hydrogens (tertiary/aromatic N) is 1. The number of nitrogens with two attached hydrogens (primary N) is 1. The van der Waals surface area contributed by atoms with E-state index in [1.165, 1.54) is 19.4 Å². The van der Waals surface area contributed by atoms with Crippen molar-refractivity contribution in [1.29, 1.82) is 0 Å². The molecule has 1 aromatic heterocycles. The summed E-state index contributed by atoms with van der Waals surface area (Å²) in [6, 6.07) is 10.4. The number of anilines is 1. The number of alkyl carbamates (subject to hydrolysis) is 1. The molecule has 0 saturated heterocycles. The molecule has 5 N–H and O–H groups in total. The summed E-state index contributed by atoms with van der Waals surface area (Å²) < 4.78 is 9.59. The maximum atomic E-state index is 11.7. The molecule has 0 radical (unpaired) electrons. The van der Waals surface area contributed by atoms with Crippen LogP contribution in [0.2, 0.25) is 0 Å². The van der Waals surface area contributed by atoms with Crippen LogP contribution in [0.25, 0.3) is 0 Å². The minimum Gasteiger partial charge on any atom is -0.465 e. The van der Waals surface area contributed by atoms with E-state index >= 15 is 0 Å². The minimum absolute atomic E-state index is 0.0462. The lowest BCUT2D eigenvalue weighted by Gasteiger charge is -2.20. The number of esters is 1. The lowest BCUT2D eigenvalue weighted by atomic mass is 10.0. The number of rotatable bonds is 7. The molecule has 0 bridgehead atoms. The van der Waals surface area contributed by atoms with Crippen LogP contribution < -0.4 is 11.1 Å². The molecule has 0 aliphatic carbocycles. The summed E-state index contributed by atoms with van der Waals surface area (Å²) in [5.41, 5.74) is 6.62. The van der Waals surface area contributed by atoms with E-state index in [1.54, 1.807) is 12.1 Å². The third kappa shape index (κ3) is 5.66. The molecule has 0 fully saturated rings. The summed E-state index contributed by atoms with van der Waals surface area (Å²) in [5, 5.41) is 22.7. The van der Waals surface area contributed by atoms with Gasteiger partial charge in [0.05, 0.1) is 12.7 Å². The lowest BCUT2D eigenvalue weighted by Crippen LogP contribution is -2.36. The number of nitrogen functional groups attached to an aromatic ring is 1. The number of amides is 1. The Bertz CT molecular complexity index is 784. The molecule has 1 amide bonds. The monoisotopic (exact) mass is 375 g/mol. The van der Waals surface area contributed by atoms with Crippen molar-refractivity contribution in [2.75, 3.05) is 19.4 Å². The first kappa shape index (κ1) is 20.1. The average molecular weight is 375 g/mol.